The minimum atomic E-state index is -4.40. The molecule has 1 aromatic heterocycles. The Morgan fingerprint density at radius 3 is 2.78 bits per heavy atom. The maximum atomic E-state index is 13.1. The molecule has 190 valence electrons. The third kappa shape index (κ3) is 5.92. The number of allylic oxidation sites excluding steroid dienone is 1. The first kappa shape index (κ1) is 25.4. The Morgan fingerprint density at radius 1 is 1.31 bits per heavy atom. The van der Waals surface area contributed by atoms with Gasteiger partial charge in [0.1, 0.15) is 12.4 Å². The van der Waals surface area contributed by atoms with Crippen molar-refractivity contribution in [2.45, 2.75) is 38.8 Å². The number of halogens is 3. The number of carbonyl (C=O) groups excluding carboxylic acids is 2. The van der Waals surface area contributed by atoms with Crippen LogP contribution < -0.4 is 16.0 Å². The summed E-state index contributed by atoms with van der Waals surface area (Å²) in [6, 6.07) is 10.2. The molecule has 36 heavy (non-hydrogen) atoms. The van der Waals surface area contributed by atoms with E-state index in [0.29, 0.717) is 40.7 Å². The number of nitrogens with two attached hydrogens (primary N) is 1. The number of nitrogens with zero attached hydrogens (tertiary/aromatic N) is 3. The molecule has 2 amide bonds. The summed E-state index contributed by atoms with van der Waals surface area (Å²) >= 11 is 0. The van der Waals surface area contributed by atoms with Gasteiger partial charge in [-0.15, -0.1) is 0 Å². The second-order valence-electron chi connectivity index (χ2n) is 9.43. The molecule has 10 heteroatoms. The van der Waals surface area contributed by atoms with Crippen molar-refractivity contribution in [3.8, 4) is 0 Å². The predicted molar refractivity (Wildman–Crippen MR) is 132 cm³/mol. The van der Waals surface area contributed by atoms with E-state index < -0.39 is 12.7 Å². The van der Waals surface area contributed by atoms with E-state index in [2.05, 4.69) is 15.3 Å². The van der Waals surface area contributed by atoms with Crippen molar-refractivity contribution < 1.29 is 22.8 Å². The van der Waals surface area contributed by atoms with Crippen molar-refractivity contribution in [2.24, 2.45) is 22.1 Å². The Hall–Kier alpha value is -3.69. The number of hydrogen-bond donors (Lipinski definition) is 2. The zero-order valence-electron chi connectivity index (χ0n) is 19.9. The highest BCUT2D eigenvalue weighted by molar-refractivity contribution is 6.09. The van der Waals surface area contributed by atoms with Crippen LogP contribution in [0.25, 0.3) is 5.57 Å². The van der Waals surface area contributed by atoms with Crippen molar-refractivity contribution >= 4 is 35.1 Å². The largest absolute Gasteiger partial charge is 0.407 e. The fraction of sp³-hybridized carbons (Fsp3) is 0.385. The molecule has 3 N–H and O–H groups in total. The molecular formula is C26H28F3N5O2. The quantitative estimate of drug-likeness (QED) is 0.528. The summed E-state index contributed by atoms with van der Waals surface area (Å²) in [5, 5.41) is 2.76. The predicted octanol–water partition coefficient (Wildman–Crippen LogP) is 4.35. The lowest BCUT2D eigenvalue weighted by molar-refractivity contribution is -0.125. The smallest absolute Gasteiger partial charge is 0.404 e. The molecular weight excluding hydrogens is 471 g/mol. The highest BCUT2D eigenvalue weighted by Gasteiger charge is 2.52. The van der Waals surface area contributed by atoms with E-state index in [1.165, 1.54) is 6.20 Å². The van der Waals surface area contributed by atoms with Gasteiger partial charge in [0.25, 0.3) is 0 Å². The third-order valence-corrected chi connectivity index (χ3v) is 6.70. The van der Waals surface area contributed by atoms with Gasteiger partial charge in [0, 0.05) is 42.5 Å². The summed E-state index contributed by atoms with van der Waals surface area (Å²) in [6.07, 6.45) is 2.41. The topological polar surface area (TPSA) is 101 Å². The molecule has 1 saturated heterocycles. The summed E-state index contributed by atoms with van der Waals surface area (Å²) in [6.45, 7) is 1.37. The van der Waals surface area contributed by atoms with Crippen LogP contribution in [-0.4, -0.2) is 42.3 Å². The number of alkyl halides is 3. The molecule has 1 atom stereocenters. The van der Waals surface area contributed by atoms with E-state index in [4.69, 9.17) is 5.73 Å². The number of amides is 2. The number of carbonyl (C=O) groups is 2. The van der Waals surface area contributed by atoms with Gasteiger partial charge in [-0.1, -0.05) is 31.2 Å². The third-order valence-electron chi connectivity index (χ3n) is 6.70. The SMILES string of the molecule is C[C@@]1(C2CC2)CCN(c2ccnc(NC(=O)Cc3cccc(C(C=NCC(F)(F)F)=CN)c3)c2)C1=O. The van der Waals surface area contributed by atoms with Gasteiger partial charge >= 0.3 is 6.18 Å². The van der Waals surface area contributed by atoms with E-state index in [-0.39, 0.29) is 23.7 Å². The second kappa shape index (κ2) is 10.1. The van der Waals surface area contributed by atoms with E-state index >= 15 is 0 Å². The number of benzene rings is 1. The molecule has 1 aliphatic carbocycles. The minimum Gasteiger partial charge on any atom is -0.404 e. The molecule has 1 saturated carbocycles. The Morgan fingerprint density at radius 2 is 2.08 bits per heavy atom. The van der Waals surface area contributed by atoms with Crippen LogP contribution in [0.5, 0.6) is 0 Å². The molecule has 7 nitrogen and oxygen atoms in total. The molecule has 2 fully saturated rings. The minimum absolute atomic E-state index is 0.0136. The highest BCUT2D eigenvalue weighted by Crippen LogP contribution is 2.51. The average Bonchev–Trinajstić information content (AvgIpc) is 3.63. The first-order valence-corrected chi connectivity index (χ1v) is 11.7. The number of aliphatic imine (C=N–C) groups is 1. The summed E-state index contributed by atoms with van der Waals surface area (Å²) in [5.74, 6) is 0.588. The van der Waals surface area contributed by atoms with Crippen LogP contribution >= 0.6 is 0 Å². The van der Waals surface area contributed by atoms with Crippen molar-refractivity contribution in [3.63, 3.8) is 0 Å². The second-order valence-corrected chi connectivity index (χ2v) is 9.43. The van der Waals surface area contributed by atoms with Gasteiger partial charge in [-0.25, -0.2) is 4.98 Å². The van der Waals surface area contributed by atoms with E-state index in [9.17, 15) is 22.8 Å². The van der Waals surface area contributed by atoms with Crippen LogP contribution in [0, 0.1) is 11.3 Å². The zero-order valence-corrected chi connectivity index (χ0v) is 19.9. The molecule has 2 aromatic rings. The van der Waals surface area contributed by atoms with Gasteiger partial charge in [-0.3, -0.25) is 14.6 Å². The number of pyridine rings is 1. The van der Waals surface area contributed by atoms with E-state index in [1.807, 2.05) is 6.92 Å². The number of rotatable bonds is 8. The van der Waals surface area contributed by atoms with Crippen LogP contribution in [0.1, 0.15) is 37.3 Å². The lowest BCUT2D eigenvalue weighted by Crippen LogP contribution is -2.34. The van der Waals surface area contributed by atoms with E-state index in [1.54, 1.807) is 47.5 Å². The van der Waals surface area contributed by atoms with Crippen molar-refractivity contribution in [1.82, 2.24) is 4.98 Å². The normalized spacial score (nSPS) is 20.8. The molecule has 1 aliphatic heterocycles. The molecule has 0 spiro atoms. The number of anilines is 2. The maximum Gasteiger partial charge on any atom is 0.407 e. The molecule has 2 heterocycles. The average molecular weight is 500 g/mol. The van der Waals surface area contributed by atoms with E-state index in [0.717, 1.165) is 25.5 Å². The lowest BCUT2D eigenvalue weighted by Gasteiger charge is -2.23. The number of nitrogens with one attached hydrogen (secondary N) is 1. The lowest BCUT2D eigenvalue weighted by atomic mass is 9.83. The maximum absolute atomic E-state index is 13.1. The highest BCUT2D eigenvalue weighted by atomic mass is 19.4. The Balaban J connectivity index is 1.40. The molecule has 0 radical (unpaired) electrons. The van der Waals surface area contributed by atoms with Gasteiger partial charge in [0.05, 0.1) is 11.8 Å². The molecule has 0 bridgehead atoms. The van der Waals surface area contributed by atoms with Gasteiger partial charge < -0.3 is 16.0 Å². The molecule has 0 unspecified atom stereocenters. The standard InChI is InChI=1S/C26H28F3N5O2/c1-25(20-5-6-20)8-10-34(24(25)36)21-7-9-32-22(13-21)33-23(35)12-17-3-2-4-18(11-17)19(14-30)15-31-16-26(27,28)29/h2-4,7,9,11,13-15,20H,5-6,8,10,12,16,30H2,1H3,(H,32,33,35)/t25-/m0/s1. The van der Waals surface area contributed by atoms with Gasteiger partial charge in [0.2, 0.25) is 11.8 Å². The fourth-order valence-electron chi connectivity index (χ4n) is 4.56. The van der Waals surface area contributed by atoms with Gasteiger partial charge in [-0.2, -0.15) is 13.2 Å². The van der Waals surface area contributed by atoms with Crippen molar-refractivity contribution in [2.75, 3.05) is 23.3 Å². The van der Waals surface area contributed by atoms with Gasteiger partial charge in [0.15, 0.2) is 0 Å². The first-order chi connectivity index (χ1) is 17.1. The summed E-state index contributed by atoms with van der Waals surface area (Å²) in [7, 11) is 0. The van der Waals surface area contributed by atoms with Crippen LogP contribution in [0.4, 0.5) is 24.7 Å². The van der Waals surface area contributed by atoms with Crippen LogP contribution in [0.3, 0.4) is 0 Å². The fourth-order valence-corrected chi connectivity index (χ4v) is 4.56. The van der Waals surface area contributed by atoms with Crippen molar-refractivity contribution in [3.05, 3.63) is 59.9 Å². The zero-order chi connectivity index (χ0) is 25.9. The molecule has 1 aromatic carbocycles. The Kier molecular flexibility index (Phi) is 7.14. The Bertz CT molecular complexity index is 1210. The Labute approximate surface area is 207 Å². The summed E-state index contributed by atoms with van der Waals surface area (Å²) in [4.78, 5) is 35.1. The number of hydrogen-bond acceptors (Lipinski definition) is 5. The van der Waals surface area contributed by atoms with Gasteiger partial charge in [-0.05, 0) is 42.4 Å². The first-order valence-electron chi connectivity index (χ1n) is 11.7. The van der Waals surface area contributed by atoms with Crippen LogP contribution in [-0.2, 0) is 16.0 Å². The number of aromatic nitrogens is 1. The molecule has 4 rings (SSSR count). The summed E-state index contributed by atoms with van der Waals surface area (Å²) in [5.41, 5.74) is 7.45. The molecule has 2 aliphatic rings. The van der Waals surface area contributed by atoms with Crippen LogP contribution in [0.2, 0.25) is 0 Å². The summed E-state index contributed by atoms with van der Waals surface area (Å²) < 4.78 is 37.1. The van der Waals surface area contributed by atoms with Crippen molar-refractivity contribution in [1.29, 1.82) is 0 Å². The van der Waals surface area contributed by atoms with Crippen LogP contribution in [0.15, 0.2) is 53.8 Å². The monoisotopic (exact) mass is 499 g/mol.